The maximum absolute atomic E-state index is 13.6. The lowest BCUT2D eigenvalue weighted by atomic mass is 10.2. The van der Waals surface area contributed by atoms with Crippen molar-refractivity contribution in [2.24, 2.45) is 0 Å². The molecule has 6 nitrogen and oxygen atoms in total. The van der Waals surface area contributed by atoms with Crippen LogP contribution < -0.4 is 14.4 Å². The quantitative estimate of drug-likeness (QED) is 0.530. The molecule has 1 aliphatic heterocycles. The summed E-state index contributed by atoms with van der Waals surface area (Å²) in [5.74, 6) is 0.878. The minimum atomic E-state index is -0.314. The number of anilines is 1. The van der Waals surface area contributed by atoms with Crippen LogP contribution in [0.15, 0.2) is 42.5 Å². The number of thiazole rings is 1. The standard InChI is InChI=1S/C22H22FN3O3S/c1-25(2)10-3-11-26(22-24-17-7-6-16(23)13-20(17)30-22)21(27)9-5-15-4-8-18-19(12-15)29-14-28-18/h4-9,12-13H,3,10-11,14H2,1-2H3/b9-5+. The summed E-state index contributed by atoms with van der Waals surface area (Å²) in [5, 5.41) is 0.565. The lowest BCUT2D eigenvalue weighted by Crippen LogP contribution is -2.32. The Labute approximate surface area is 178 Å². The number of nitrogens with zero attached hydrogens (tertiary/aromatic N) is 3. The van der Waals surface area contributed by atoms with Crippen LogP contribution in [0.3, 0.4) is 0 Å². The van der Waals surface area contributed by atoms with Gasteiger partial charge in [0, 0.05) is 12.6 Å². The summed E-state index contributed by atoms with van der Waals surface area (Å²) < 4.78 is 25.0. The van der Waals surface area contributed by atoms with E-state index in [-0.39, 0.29) is 18.5 Å². The van der Waals surface area contributed by atoms with Crippen molar-refractivity contribution < 1.29 is 18.7 Å². The van der Waals surface area contributed by atoms with Crippen LogP contribution >= 0.6 is 11.3 Å². The van der Waals surface area contributed by atoms with Gasteiger partial charge in [-0.05, 0) is 69.0 Å². The molecule has 0 N–H and O–H groups in total. The number of amides is 1. The fourth-order valence-corrected chi connectivity index (χ4v) is 4.14. The second kappa shape index (κ2) is 8.81. The number of benzene rings is 2. The van der Waals surface area contributed by atoms with Crippen molar-refractivity contribution in [3.63, 3.8) is 0 Å². The highest BCUT2D eigenvalue weighted by Gasteiger charge is 2.18. The van der Waals surface area contributed by atoms with Gasteiger partial charge in [-0.2, -0.15) is 0 Å². The number of hydrogen-bond acceptors (Lipinski definition) is 6. The van der Waals surface area contributed by atoms with E-state index in [1.54, 1.807) is 17.0 Å². The van der Waals surface area contributed by atoms with Crippen molar-refractivity contribution in [1.29, 1.82) is 0 Å². The molecule has 2 aromatic carbocycles. The highest BCUT2D eigenvalue weighted by atomic mass is 32.1. The van der Waals surface area contributed by atoms with E-state index in [2.05, 4.69) is 9.88 Å². The second-order valence-corrected chi connectivity index (χ2v) is 8.21. The second-order valence-electron chi connectivity index (χ2n) is 7.20. The van der Waals surface area contributed by atoms with E-state index in [1.165, 1.54) is 29.5 Å². The molecule has 0 saturated heterocycles. The number of carbonyl (C=O) groups excluding carboxylic acids is 1. The summed E-state index contributed by atoms with van der Waals surface area (Å²) in [6.45, 7) is 1.57. The highest BCUT2D eigenvalue weighted by molar-refractivity contribution is 7.22. The van der Waals surface area contributed by atoms with Crippen molar-refractivity contribution in [2.75, 3.05) is 38.9 Å². The van der Waals surface area contributed by atoms with Gasteiger partial charge in [-0.25, -0.2) is 9.37 Å². The molecule has 156 valence electrons. The van der Waals surface area contributed by atoms with E-state index in [1.807, 2.05) is 32.3 Å². The van der Waals surface area contributed by atoms with E-state index in [0.717, 1.165) is 23.2 Å². The molecule has 8 heteroatoms. The van der Waals surface area contributed by atoms with Gasteiger partial charge >= 0.3 is 0 Å². The smallest absolute Gasteiger partial charge is 0.252 e. The average Bonchev–Trinajstić information content (AvgIpc) is 3.34. The number of halogens is 1. The molecule has 1 amide bonds. The van der Waals surface area contributed by atoms with Crippen LogP contribution in [0.1, 0.15) is 12.0 Å². The van der Waals surface area contributed by atoms with E-state index in [0.29, 0.717) is 28.7 Å². The first kappa shape index (κ1) is 20.3. The number of hydrogen-bond donors (Lipinski definition) is 0. The average molecular weight is 428 g/mol. The molecule has 3 aromatic rings. The summed E-state index contributed by atoms with van der Waals surface area (Å²) in [5.41, 5.74) is 1.52. The Balaban J connectivity index is 1.56. The van der Waals surface area contributed by atoms with Gasteiger partial charge in [0.05, 0.1) is 10.2 Å². The highest BCUT2D eigenvalue weighted by Crippen LogP contribution is 2.33. The number of ether oxygens (including phenoxy) is 2. The third kappa shape index (κ3) is 4.60. The zero-order valence-corrected chi connectivity index (χ0v) is 17.6. The van der Waals surface area contributed by atoms with Crippen LogP contribution in [-0.4, -0.2) is 49.8 Å². The maximum atomic E-state index is 13.6. The van der Waals surface area contributed by atoms with Crippen molar-refractivity contribution in [3.8, 4) is 11.5 Å². The molecule has 1 aliphatic rings. The van der Waals surface area contributed by atoms with Crippen molar-refractivity contribution >= 4 is 38.7 Å². The molecular formula is C22H22FN3O3S. The van der Waals surface area contributed by atoms with Crippen molar-refractivity contribution in [3.05, 3.63) is 53.9 Å². The predicted molar refractivity (Wildman–Crippen MR) is 117 cm³/mol. The van der Waals surface area contributed by atoms with Crippen LogP contribution in [0.25, 0.3) is 16.3 Å². The molecule has 0 unspecified atom stereocenters. The lowest BCUT2D eigenvalue weighted by Gasteiger charge is -2.19. The fraction of sp³-hybridized carbons (Fsp3) is 0.273. The summed E-state index contributed by atoms with van der Waals surface area (Å²) in [4.78, 5) is 21.3. The number of rotatable bonds is 7. The Kier molecular flexibility index (Phi) is 5.96. The molecule has 1 aromatic heterocycles. The van der Waals surface area contributed by atoms with E-state index in [9.17, 15) is 9.18 Å². The van der Waals surface area contributed by atoms with Crippen LogP contribution in [0, 0.1) is 5.82 Å². The van der Waals surface area contributed by atoms with E-state index >= 15 is 0 Å². The molecule has 0 bridgehead atoms. The summed E-state index contributed by atoms with van der Waals surface area (Å²) in [7, 11) is 3.98. The normalized spacial score (nSPS) is 12.9. The number of fused-ring (bicyclic) bond motifs is 2. The zero-order valence-electron chi connectivity index (χ0n) is 16.8. The zero-order chi connectivity index (χ0) is 21.1. The fourth-order valence-electron chi connectivity index (χ4n) is 3.12. The Hall–Kier alpha value is -2.97. The minimum Gasteiger partial charge on any atom is -0.454 e. The van der Waals surface area contributed by atoms with Gasteiger partial charge in [-0.15, -0.1) is 0 Å². The summed E-state index contributed by atoms with van der Waals surface area (Å²) >= 11 is 1.31. The largest absolute Gasteiger partial charge is 0.454 e. The molecule has 0 spiro atoms. The van der Waals surface area contributed by atoms with Gasteiger partial charge in [-0.3, -0.25) is 9.69 Å². The van der Waals surface area contributed by atoms with Crippen molar-refractivity contribution in [1.82, 2.24) is 9.88 Å². The molecule has 0 radical (unpaired) electrons. The van der Waals surface area contributed by atoms with E-state index < -0.39 is 0 Å². The molecule has 0 atom stereocenters. The molecule has 0 saturated carbocycles. The first-order valence-corrected chi connectivity index (χ1v) is 10.4. The Morgan fingerprint density at radius 3 is 2.83 bits per heavy atom. The number of aromatic nitrogens is 1. The van der Waals surface area contributed by atoms with Crippen LogP contribution in [0.4, 0.5) is 9.52 Å². The summed E-state index contributed by atoms with van der Waals surface area (Å²) in [6.07, 6.45) is 4.07. The van der Waals surface area contributed by atoms with Gasteiger partial charge in [0.15, 0.2) is 16.6 Å². The van der Waals surface area contributed by atoms with E-state index in [4.69, 9.17) is 9.47 Å². The Bertz CT molecular complexity index is 1100. The molecule has 4 rings (SSSR count). The predicted octanol–water partition coefficient (Wildman–Crippen LogP) is 4.16. The van der Waals surface area contributed by atoms with Crippen molar-refractivity contribution in [2.45, 2.75) is 6.42 Å². The molecule has 0 aliphatic carbocycles. The van der Waals surface area contributed by atoms with Crippen LogP contribution in [0.5, 0.6) is 11.5 Å². The molecular weight excluding hydrogens is 405 g/mol. The van der Waals surface area contributed by atoms with Gasteiger partial charge < -0.3 is 14.4 Å². The first-order valence-electron chi connectivity index (χ1n) is 9.60. The summed E-state index contributed by atoms with van der Waals surface area (Å²) in [6, 6.07) is 9.99. The lowest BCUT2D eigenvalue weighted by molar-refractivity contribution is -0.114. The monoisotopic (exact) mass is 427 g/mol. The Morgan fingerprint density at radius 2 is 2.00 bits per heavy atom. The van der Waals surface area contributed by atoms with Gasteiger partial charge in [0.1, 0.15) is 5.82 Å². The third-order valence-corrected chi connectivity index (χ3v) is 5.68. The molecule has 30 heavy (non-hydrogen) atoms. The first-order chi connectivity index (χ1) is 14.5. The van der Waals surface area contributed by atoms with Crippen LogP contribution in [-0.2, 0) is 4.79 Å². The topological polar surface area (TPSA) is 54.9 Å². The minimum absolute atomic E-state index is 0.175. The Morgan fingerprint density at radius 1 is 1.17 bits per heavy atom. The SMILES string of the molecule is CN(C)CCCN(C(=O)/C=C/c1ccc2c(c1)OCO2)c1nc2ccc(F)cc2s1. The van der Waals surface area contributed by atoms with Gasteiger partial charge in [-0.1, -0.05) is 17.4 Å². The number of carbonyl (C=O) groups is 1. The third-order valence-electron chi connectivity index (χ3n) is 4.64. The molecule has 0 fully saturated rings. The maximum Gasteiger partial charge on any atom is 0.252 e. The van der Waals surface area contributed by atoms with Crippen LogP contribution in [0.2, 0.25) is 0 Å². The van der Waals surface area contributed by atoms with Gasteiger partial charge in [0.2, 0.25) is 6.79 Å². The van der Waals surface area contributed by atoms with Gasteiger partial charge in [0.25, 0.3) is 5.91 Å². The molecule has 2 heterocycles.